The fourth-order valence-electron chi connectivity index (χ4n) is 1.24. The fraction of sp³-hybridized carbons (Fsp3) is 0.417. The summed E-state index contributed by atoms with van der Waals surface area (Å²) in [5.74, 6) is -0.475. The number of alkyl halides is 3. The zero-order chi connectivity index (χ0) is 15.0. The van der Waals surface area contributed by atoms with Crippen LogP contribution in [0.25, 0.3) is 0 Å². The lowest BCUT2D eigenvalue weighted by atomic mass is 10.3. The molecule has 0 aromatic heterocycles. The lowest BCUT2D eigenvalue weighted by Crippen LogP contribution is -2.13. The van der Waals surface area contributed by atoms with Crippen molar-refractivity contribution in [3.8, 4) is 5.75 Å². The van der Waals surface area contributed by atoms with Crippen molar-refractivity contribution < 1.29 is 27.4 Å². The third-order valence-electron chi connectivity index (χ3n) is 2.09. The van der Waals surface area contributed by atoms with Crippen LogP contribution in [0.2, 0.25) is 0 Å². The highest BCUT2D eigenvalue weighted by molar-refractivity contribution is 8.00. The Balaban J connectivity index is 2.13. The number of thioether (sulfide) groups is 1. The van der Waals surface area contributed by atoms with Crippen LogP contribution in [0.3, 0.4) is 0 Å². The molecule has 0 amide bonds. The summed E-state index contributed by atoms with van der Waals surface area (Å²) in [5.41, 5.74) is 1.77. The number of benzene rings is 1. The second kappa shape index (κ2) is 7.88. The number of ether oxygens (including phenoxy) is 2. The molecule has 4 nitrogen and oxygen atoms in total. The Hall–Kier alpha value is -1.57. The van der Waals surface area contributed by atoms with Gasteiger partial charge in [0.05, 0.1) is 18.7 Å². The molecule has 0 spiro atoms. The van der Waals surface area contributed by atoms with Crippen molar-refractivity contribution in [2.75, 3.05) is 24.7 Å². The number of hydrogen-bond donors (Lipinski definition) is 1. The second-order valence-corrected chi connectivity index (χ2v) is 4.81. The smallest absolute Gasteiger partial charge is 0.441 e. The zero-order valence-electron chi connectivity index (χ0n) is 10.5. The standard InChI is InChI=1S/C12H14F3NO3S/c13-12(14,15)20-8-7-19-11(17)5-6-18-10-4-2-1-3-9(10)16/h1-4H,5-8,16H2. The number of rotatable bonds is 7. The number of para-hydroxylation sites is 2. The van der Waals surface area contributed by atoms with Crippen LogP contribution in [0.1, 0.15) is 6.42 Å². The largest absolute Gasteiger partial charge is 0.491 e. The molecular weight excluding hydrogens is 295 g/mol. The molecule has 112 valence electrons. The molecule has 20 heavy (non-hydrogen) atoms. The summed E-state index contributed by atoms with van der Waals surface area (Å²) in [5, 5.41) is 0. The summed E-state index contributed by atoms with van der Waals surface area (Å²) in [6.45, 7) is -0.226. The summed E-state index contributed by atoms with van der Waals surface area (Å²) < 4.78 is 45.3. The van der Waals surface area contributed by atoms with E-state index in [-0.39, 0.29) is 37.1 Å². The van der Waals surface area contributed by atoms with E-state index >= 15 is 0 Å². The summed E-state index contributed by atoms with van der Waals surface area (Å²) >= 11 is -0.227. The number of hydrogen-bond acceptors (Lipinski definition) is 5. The van der Waals surface area contributed by atoms with Gasteiger partial charge in [0.2, 0.25) is 0 Å². The predicted octanol–water partition coefficient (Wildman–Crippen LogP) is 2.83. The van der Waals surface area contributed by atoms with Gasteiger partial charge in [-0.05, 0) is 23.9 Å². The minimum atomic E-state index is -4.31. The van der Waals surface area contributed by atoms with Gasteiger partial charge in [0.15, 0.2) is 0 Å². The van der Waals surface area contributed by atoms with E-state index < -0.39 is 11.5 Å². The van der Waals surface area contributed by atoms with Crippen molar-refractivity contribution in [3.63, 3.8) is 0 Å². The normalized spacial score (nSPS) is 11.2. The van der Waals surface area contributed by atoms with Crippen molar-refractivity contribution in [2.45, 2.75) is 11.9 Å². The van der Waals surface area contributed by atoms with E-state index in [1.807, 2.05) is 0 Å². The summed E-state index contributed by atoms with van der Waals surface area (Å²) in [4.78, 5) is 11.2. The van der Waals surface area contributed by atoms with Gasteiger partial charge in [0, 0.05) is 5.75 Å². The van der Waals surface area contributed by atoms with E-state index in [0.29, 0.717) is 11.4 Å². The van der Waals surface area contributed by atoms with E-state index in [2.05, 4.69) is 4.74 Å². The van der Waals surface area contributed by atoms with Gasteiger partial charge in [-0.25, -0.2) is 0 Å². The van der Waals surface area contributed by atoms with Gasteiger partial charge in [-0.3, -0.25) is 4.79 Å². The van der Waals surface area contributed by atoms with Gasteiger partial charge in [0.25, 0.3) is 0 Å². The molecule has 0 aliphatic heterocycles. The lowest BCUT2D eigenvalue weighted by Gasteiger charge is -2.09. The van der Waals surface area contributed by atoms with Crippen molar-refractivity contribution in [1.82, 2.24) is 0 Å². The molecule has 0 unspecified atom stereocenters. The first-order chi connectivity index (χ1) is 9.38. The van der Waals surface area contributed by atoms with Crippen molar-refractivity contribution >= 4 is 23.4 Å². The van der Waals surface area contributed by atoms with Crippen molar-refractivity contribution in [2.24, 2.45) is 0 Å². The van der Waals surface area contributed by atoms with Crippen LogP contribution in [0.5, 0.6) is 5.75 Å². The van der Waals surface area contributed by atoms with E-state index in [1.165, 1.54) is 0 Å². The highest BCUT2D eigenvalue weighted by Crippen LogP contribution is 2.29. The zero-order valence-corrected chi connectivity index (χ0v) is 11.3. The summed E-state index contributed by atoms with van der Waals surface area (Å²) in [6, 6.07) is 6.79. The topological polar surface area (TPSA) is 61.5 Å². The van der Waals surface area contributed by atoms with Gasteiger partial charge in [-0.2, -0.15) is 13.2 Å². The Labute approximate surface area is 118 Å². The highest BCUT2D eigenvalue weighted by atomic mass is 32.2. The molecule has 1 aromatic carbocycles. The Morgan fingerprint density at radius 2 is 1.95 bits per heavy atom. The van der Waals surface area contributed by atoms with E-state index in [9.17, 15) is 18.0 Å². The first-order valence-corrected chi connectivity index (χ1v) is 6.70. The van der Waals surface area contributed by atoms with E-state index in [0.717, 1.165) is 0 Å². The molecule has 0 saturated heterocycles. The maximum Gasteiger partial charge on any atom is 0.441 e. The Morgan fingerprint density at radius 1 is 1.25 bits per heavy atom. The molecule has 0 aliphatic carbocycles. The van der Waals surface area contributed by atoms with Gasteiger partial charge in [0.1, 0.15) is 12.4 Å². The van der Waals surface area contributed by atoms with Gasteiger partial charge < -0.3 is 15.2 Å². The maximum atomic E-state index is 11.8. The Kier molecular flexibility index (Phi) is 6.50. The van der Waals surface area contributed by atoms with Gasteiger partial charge >= 0.3 is 11.5 Å². The number of carbonyl (C=O) groups excluding carboxylic acids is 1. The SMILES string of the molecule is Nc1ccccc1OCCC(=O)OCCSC(F)(F)F. The van der Waals surface area contributed by atoms with E-state index in [1.54, 1.807) is 24.3 Å². The number of esters is 1. The average molecular weight is 309 g/mol. The van der Waals surface area contributed by atoms with Crippen LogP contribution in [-0.2, 0) is 9.53 Å². The first-order valence-electron chi connectivity index (χ1n) is 5.72. The number of anilines is 1. The molecule has 0 bridgehead atoms. The molecule has 2 N–H and O–H groups in total. The summed E-state index contributed by atoms with van der Waals surface area (Å²) in [6.07, 6.45) is -0.0506. The predicted molar refractivity (Wildman–Crippen MR) is 70.4 cm³/mol. The molecule has 1 rings (SSSR count). The van der Waals surface area contributed by atoms with Gasteiger partial charge in [-0.1, -0.05) is 12.1 Å². The van der Waals surface area contributed by atoms with E-state index in [4.69, 9.17) is 10.5 Å². The molecule has 0 fully saturated rings. The van der Waals surface area contributed by atoms with Crippen LogP contribution in [-0.4, -0.2) is 30.4 Å². The quantitative estimate of drug-likeness (QED) is 0.477. The van der Waals surface area contributed by atoms with Crippen LogP contribution in [0, 0.1) is 0 Å². The molecule has 0 radical (unpaired) electrons. The number of halogens is 3. The Morgan fingerprint density at radius 3 is 2.60 bits per heavy atom. The van der Waals surface area contributed by atoms with Crippen molar-refractivity contribution in [3.05, 3.63) is 24.3 Å². The number of nitrogen functional groups attached to an aromatic ring is 1. The third kappa shape index (κ3) is 7.13. The lowest BCUT2D eigenvalue weighted by molar-refractivity contribution is -0.143. The minimum Gasteiger partial charge on any atom is -0.491 e. The van der Waals surface area contributed by atoms with Crippen LogP contribution in [0.4, 0.5) is 18.9 Å². The monoisotopic (exact) mass is 309 g/mol. The second-order valence-electron chi connectivity index (χ2n) is 3.65. The molecular formula is C12H14F3NO3S. The fourth-order valence-corrected chi connectivity index (χ4v) is 1.64. The third-order valence-corrected chi connectivity index (χ3v) is 2.79. The molecule has 0 aliphatic rings. The van der Waals surface area contributed by atoms with Crippen LogP contribution < -0.4 is 10.5 Å². The Bertz CT molecular complexity index is 440. The number of nitrogens with two attached hydrogens (primary N) is 1. The molecule has 0 heterocycles. The molecule has 0 saturated carbocycles. The highest BCUT2D eigenvalue weighted by Gasteiger charge is 2.27. The minimum absolute atomic E-state index is 0.0506. The maximum absolute atomic E-state index is 11.8. The van der Waals surface area contributed by atoms with Crippen LogP contribution in [0.15, 0.2) is 24.3 Å². The van der Waals surface area contributed by atoms with Gasteiger partial charge in [-0.15, -0.1) is 0 Å². The average Bonchev–Trinajstić information content (AvgIpc) is 2.36. The van der Waals surface area contributed by atoms with Crippen molar-refractivity contribution in [1.29, 1.82) is 0 Å². The molecule has 0 atom stereocenters. The first kappa shape index (κ1) is 16.5. The molecule has 1 aromatic rings. The van der Waals surface area contributed by atoms with Crippen LogP contribution >= 0.6 is 11.8 Å². The number of carbonyl (C=O) groups is 1. The summed E-state index contributed by atoms with van der Waals surface area (Å²) in [7, 11) is 0. The molecule has 8 heteroatoms.